The first-order valence-electron chi connectivity index (χ1n) is 8.85. The number of benzene rings is 1. The van der Waals surface area contributed by atoms with Gasteiger partial charge < -0.3 is 4.74 Å². The number of allylic oxidation sites excluding steroid dienone is 2. The lowest BCUT2D eigenvalue weighted by molar-refractivity contribution is 0.0829. The van der Waals surface area contributed by atoms with Crippen LogP contribution < -0.4 is 0 Å². The molecule has 0 N–H and O–H groups in total. The summed E-state index contributed by atoms with van der Waals surface area (Å²) in [5, 5.41) is 0. The summed E-state index contributed by atoms with van der Waals surface area (Å²) in [6.45, 7) is 6.99. The molecule has 0 saturated heterocycles. The molecule has 2 aliphatic heterocycles. The molecular weight excluding hydrogens is 280 g/mol. The molecule has 2 atom stereocenters. The minimum atomic E-state index is 0.184. The van der Waals surface area contributed by atoms with E-state index in [2.05, 4.69) is 63.3 Å². The van der Waals surface area contributed by atoms with Crippen molar-refractivity contribution < 1.29 is 4.74 Å². The quantitative estimate of drug-likeness (QED) is 0.637. The van der Waals surface area contributed by atoms with Crippen LogP contribution in [0, 0.1) is 12.3 Å². The zero-order chi connectivity index (χ0) is 16.0. The Balaban J connectivity index is 1.66. The molecule has 1 aromatic carbocycles. The van der Waals surface area contributed by atoms with Crippen LogP contribution in [0.25, 0.3) is 11.1 Å². The van der Waals surface area contributed by atoms with E-state index in [-0.39, 0.29) is 12.2 Å². The second kappa shape index (κ2) is 5.49. The first-order chi connectivity index (χ1) is 11.0. The third-order valence-corrected chi connectivity index (χ3v) is 5.56. The Kier molecular flexibility index (Phi) is 3.57. The number of hydrogen-bond donors (Lipinski definition) is 0. The van der Waals surface area contributed by atoms with Gasteiger partial charge in [-0.3, -0.25) is 0 Å². The Hall–Kier alpha value is -1.60. The molecule has 2 heterocycles. The summed E-state index contributed by atoms with van der Waals surface area (Å²) in [5.41, 5.74) is 7.66. The molecule has 0 amide bonds. The van der Waals surface area contributed by atoms with Gasteiger partial charge in [-0.25, -0.2) is 0 Å². The number of ether oxygens (including phenoxy) is 1. The summed E-state index contributed by atoms with van der Waals surface area (Å²) in [4.78, 5) is 0. The molecule has 2 bridgehead atoms. The third kappa shape index (κ3) is 2.95. The average molecular weight is 306 g/mol. The van der Waals surface area contributed by atoms with Gasteiger partial charge in [0.25, 0.3) is 0 Å². The van der Waals surface area contributed by atoms with Gasteiger partial charge in [0.1, 0.15) is 0 Å². The van der Waals surface area contributed by atoms with Gasteiger partial charge in [-0.2, -0.15) is 0 Å². The van der Waals surface area contributed by atoms with E-state index >= 15 is 0 Å². The van der Waals surface area contributed by atoms with Crippen LogP contribution in [0.1, 0.15) is 56.2 Å². The van der Waals surface area contributed by atoms with Crippen molar-refractivity contribution in [2.45, 2.75) is 58.7 Å². The number of hydrogen-bond acceptors (Lipinski definition) is 1. The van der Waals surface area contributed by atoms with Crippen molar-refractivity contribution in [3.8, 4) is 0 Å². The van der Waals surface area contributed by atoms with Crippen LogP contribution >= 0.6 is 0 Å². The molecule has 23 heavy (non-hydrogen) atoms. The molecule has 1 nitrogen and oxygen atoms in total. The van der Waals surface area contributed by atoms with E-state index in [0.29, 0.717) is 5.41 Å². The largest absolute Gasteiger partial charge is 0.362 e. The Labute approximate surface area is 139 Å². The van der Waals surface area contributed by atoms with Gasteiger partial charge in [0, 0.05) is 6.42 Å². The Morgan fingerprint density at radius 1 is 1.13 bits per heavy atom. The molecule has 0 spiro atoms. The van der Waals surface area contributed by atoms with Crippen molar-refractivity contribution in [3.63, 3.8) is 0 Å². The lowest BCUT2D eigenvalue weighted by Gasteiger charge is -2.29. The maximum Gasteiger partial charge on any atom is 0.0952 e. The average Bonchev–Trinajstić information content (AvgIpc) is 2.86. The normalized spacial score (nSPS) is 28.5. The highest BCUT2D eigenvalue weighted by Gasteiger charge is 2.26. The topological polar surface area (TPSA) is 9.23 Å². The smallest absolute Gasteiger partial charge is 0.0952 e. The predicted octanol–water partition coefficient (Wildman–Crippen LogP) is 5.70. The fraction of sp³-hybridized carbons (Fsp3) is 0.455. The van der Waals surface area contributed by atoms with E-state index in [1.807, 2.05) is 0 Å². The minimum Gasteiger partial charge on any atom is -0.362 e. The molecular formula is C22H26O. The highest BCUT2D eigenvalue weighted by Crippen LogP contribution is 2.40. The van der Waals surface area contributed by atoms with Gasteiger partial charge in [-0.05, 0) is 71.6 Å². The summed E-state index contributed by atoms with van der Waals surface area (Å²) < 4.78 is 5.84. The molecule has 3 aliphatic rings. The first kappa shape index (κ1) is 15.0. The lowest BCUT2D eigenvalue weighted by atomic mass is 9.76. The lowest BCUT2D eigenvalue weighted by Crippen LogP contribution is -2.17. The van der Waals surface area contributed by atoms with Gasteiger partial charge in [0.2, 0.25) is 0 Å². The van der Waals surface area contributed by atoms with Crippen LogP contribution in [-0.2, 0) is 4.74 Å². The Bertz CT molecular complexity index is 717. The van der Waals surface area contributed by atoms with Crippen molar-refractivity contribution in [2.24, 2.45) is 5.41 Å². The molecule has 1 heteroatoms. The van der Waals surface area contributed by atoms with Gasteiger partial charge in [0.15, 0.2) is 0 Å². The molecule has 0 unspecified atom stereocenters. The van der Waals surface area contributed by atoms with E-state index in [4.69, 9.17) is 4.74 Å². The van der Waals surface area contributed by atoms with Crippen molar-refractivity contribution in [1.82, 2.24) is 0 Å². The Morgan fingerprint density at radius 3 is 2.74 bits per heavy atom. The van der Waals surface area contributed by atoms with Crippen molar-refractivity contribution in [2.75, 3.05) is 0 Å². The Morgan fingerprint density at radius 2 is 2.00 bits per heavy atom. The van der Waals surface area contributed by atoms with Gasteiger partial charge in [-0.1, -0.05) is 44.2 Å². The van der Waals surface area contributed by atoms with E-state index in [0.717, 1.165) is 6.42 Å². The third-order valence-electron chi connectivity index (χ3n) is 5.56. The van der Waals surface area contributed by atoms with Crippen molar-refractivity contribution in [1.29, 1.82) is 0 Å². The summed E-state index contributed by atoms with van der Waals surface area (Å²) >= 11 is 0. The molecule has 1 aliphatic carbocycles. The summed E-state index contributed by atoms with van der Waals surface area (Å²) in [6.07, 6.45) is 14.3. The summed E-state index contributed by atoms with van der Waals surface area (Å²) in [5.74, 6) is 0. The second-order valence-corrected chi connectivity index (χ2v) is 8.05. The van der Waals surface area contributed by atoms with Crippen LogP contribution in [0.15, 0.2) is 42.5 Å². The highest BCUT2D eigenvalue weighted by atomic mass is 16.5. The second-order valence-electron chi connectivity index (χ2n) is 8.05. The molecule has 0 saturated carbocycles. The molecule has 0 aromatic heterocycles. The van der Waals surface area contributed by atoms with E-state index in [1.165, 1.54) is 47.1 Å². The fourth-order valence-corrected chi connectivity index (χ4v) is 3.92. The van der Waals surface area contributed by atoms with E-state index in [1.54, 1.807) is 0 Å². The van der Waals surface area contributed by atoms with Crippen molar-refractivity contribution in [3.05, 3.63) is 59.2 Å². The zero-order valence-electron chi connectivity index (χ0n) is 14.4. The van der Waals surface area contributed by atoms with Crippen LogP contribution in [0.2, 0.25) is 0 Å². The molecule has 0 radical (unpaired) electrons. The van der Waals surface area contributed by atoms with Crippen LogP contribution in [-0.4, -0.2) is 12.2 Å². The van der Waals surface area contributed by atoms with Gasteiger partial charge in [-0.15, -0.1) is 0 Å². The molecule has 4 rings (SSSR count). The number of aryl methyl sites for hydroxylation is 1. The summed E-state index contributed by atoms with van der Waals surface area (Å²) in [6, 6.07) is 6.98. The maximum absolute atomic E-state index is 5.84. The zero-order valence-corrected chi connectivity index (χ0v) is 14.4. The van der Waals surface area contributed by atoms with E-state index < -0.39 is 0 Å². The predicted molar refractivity (Wildman–Crippen MR) is 97.2 cm³/mol. The van der Waals surface area contributed by atoms with Crippen LogP contribution in [0.5, 0.6) is 0 Å². The molecule has 120 valence electrons. The molecule has 0 fully saturated rings. The SMILES string of the molecule is Cc1ccc(C2=C[C@@H]3C=C[C@H](C2)O3)cc1C1=CCC(C)(C)CC1. The number of fused-ring (bicyclic) bond motifs is 2. The number of rotatable bonds is 2. The van der Waals surface area contributed by atoms with Crippen molar-refractivity contribution >= 4 is 11.1 Å². The van der Waals surface area contributed by atoms with Gasteiger partial charge in [0.05, 0.1) is 12.2 Å². The van der Waals surface area contributed by atoms with Crippen LogP contribution in [0.3, 0.4) is 0 Å². The molecule has 1 aromatic rings. The van der Waals surface area contributed by atoms with E-state index in [9.17, 15) is 0 Å². The standard InChI is InChI=1S/C22H26O/c1-15-4-5-17(18-12-19-6-7-20(13-18)23-19)14-21(15)16-8-10-22(2,3)11-9-16/h4-8,12,14,19-20H,9-11,13H2,1-3H3/t19-,20+/m0/s1. The minimum absolute atomic E-state index is 0.184. The first-order valence-corrected chi connectivity index (χ1v) is 8.85. The summed E-state index contributed by atoms with van der Waals surface area (Å²) in [7, 11) is 0. The maximum atomic E-state index is 5.84. The highest BCUT2D eigenvalue weighted by molar-refractivity contribution is 5.75. The van der Waals surface area contributed by atoms with Crippen LogP contribution in [0.4, 0.5) is 0 Å². The fourth-order valence-electron chi connectivity index (χ4n) is 3.92. The van der Waals surface area contributed by atoms with Gasteiger partial charge >= 0.3 is 0 Å². The monoisotopic (exact) mass is 306 g/mol.